The second kappa shape index (κ2) is 17.2. The first-order valence-corrected chi connectivity index (χ1v) is 14.1. The van der Waals surface area contributed by atoms with Crippen LogP contribution in [0.25, 0.3) is 0 Å². The number of carbonyl (C=O) groups is 1. The quantitative estimate of drug-likeness (QED) is 0.174. The van der Waals surface area contributed by atoms with Crippen LogP contribution in [0.15, 0.2) is 12.2 Å². The van der Waals surface area contributed by atoms with Crippen molar-refractivity contribution in [3.63, 3.8) is 0 Å². The highest BCUT2D eigenvalue weighted by Gasteiger charge is 2.25. The first-order valence-electron chi connectivity index (χ1n) is 14.1. The molecule has 2 saturated carbocycles. The van der Waals surface area contributed by atoms with Crippen molar-refractivity contribution in [3.8, 4) is 11.8 Å². The Labute approximate surface area is 205 Å². The number of nitrogens with one attached hydrogen (secondary N) is 1. The van der Waals surface area contributed by atoms with E-state index in [1.165, 1.54) is 70.6 Å². The second-order valence-electron chi connectivity index (χ2n) is 10.9. The normalized spacial score (nSPS) is 22.4. The molecule has 0 aromatic rings. The number of hydrogen-bond donors (Lipinski definition) is 1. The highest BCUT2D eigenvalue weighted by molar-refractivity contribution is 5.75. The molecule has 2 rings (SSSR count). The van der Waals surface area contributed by atoms with Gasteiger partial charge >= 0.3 is 0 Å². The van der Waals surface area contributed by atoms with E-state index in [4.69, 9.17) is 0 Å². The predicted octanol–water partition coefficient (Wildman–Crippen LogP) is 6.98. The molecule has 2 aliphatic carbocycles. The largest absolute Gasteiger partial charge is 0.355 e. The molecule has 33 heavy (non-hydrogen) atoms. The molecule has 0 aromatic heterocycles. The van der Waals surface area contributed by atoms with E-state index in [0.29, 0.717) is 12.3 Å². The monoisotopic (exact) mass is 456 g/mol. The summed E-state index contributed by atoms with van der Waals surface area (Å²) in [4.78, 5) is 13.9. The van der Waals surface area contributed by atoms with Gasteiger partial charge in [0, 0.05) is 31.8 Å². The molecule has 0 aliphatic heterocycles. The van der Waals surface area contributed by atoms with Crippen molar-refractivity contribution in [2.45, 2.75) is 110 Å². The molecule has 1 unspecified atom stereocenters. The van der Waals surface area contributed by atoms with Gasteiger partial charge in [0.1, 0.15) is 0 Å². The van der Waals surface area contributed by atoms with Crippen molar-refractivity contribution in [1.29, 1.82) is 0 Å². The van der Waals surface area contributed by atoms with Gasteiger partial charge in [-0.05, 0) is 70.4 Å². The summed E-state index contributed by atoms with van der Waals surface area (Å²) in [5, 5.41) is 2.99. The average Bonchev–Trinajstić information content (AvgIpc) is 3.26. The molecule has 0 radical (unpaired) electrons. The highest BCUT2D eigenvalue weighted by Crippen LogP contribution is 2.36. The number of rotatable bonds is 14. The Hall–Kier alpha value is -1.27. The summed E-state index contributed by atoms with van der Waals surface area (Å²) in [6.07, 6.45) is 24.8. The minimum atomic E-state index is 0.182. The van der Waals surface area contributed by atoms with Crippen LogP contribution in [0.1, 0.15) is 110 Å². The van der Waals surface area contributed by atoms with Gasteiger partial charge in [-0.1, -0.05) is 76.4 Å². The maximum Gasteiger partial charge on any atom is 0.220 e. The second-order valence-corrected chi connectivity index (χ2v) is 10.9. The van der Waals surface area contributed by atoms with Gasteiger partial charge in [-0.25, -0.2) is 0 Å². The molecule has 3 atom stereocenters. The minimum absolute atomic E-state index is 0.182. The summed E-state index contributed by atoms with van der Waals surface area (Å²) < 4.78 is 0. The SMILES string of the molecule is CCCCC(CC#C[C@H]1CCC[C@@H]1CC=CCCCC(=O)NCCN(C)C)C1CCCCC1. The number of carbonyl (C=O) groups excluding carboxylic acids is 1. The maximum atomic E-state index is 11.8. The number of likely N-dealkylation sites (N-methyl/N-ethyl adjacent to an activating group) is 1. The van der Waals surface area contributed by atoms with E-state index in [0.717, 1.165) is 56.5 Å². The van der Waals surface area contributed by atoms with Gasteiger partial charge in [0.05, 0.1) is 0 Å². The Morgan fingerprint density at radius 1 is 1.06 bits per heavy atom. The van der Waals surface area contributed by atoms with Gasteiger partial charge in [-0.3, -0.25) is 4.79 Å². The van der Waals surface area contributed by atoms with Gasteiger partial charge in [0.25, 0.3) is 0 Å². The van der Waals surface area contributed by atoms with Gasteiger partial charge in [0.2, 0.25) is 5.91 Å². The van der Waals surface area contributed by atoms with Crippen LogP contribution in [0.3, 0.4) is 0 Å². The highest BCUT2D eigenvalue weighted by atomic mass is 16.1. The maximum absolute atomic E-state index is 11.8. The van der Waals surface area contributed by atoms with Crippen LogP contribution in [0.4, 0.5) is 0 Å². The smallest absolute Gasteiger partial charge is 0.220 e. The summed E-state index contributed by atoms with van der Waals surface area (Å²) in [5.74, 6) is 10.7. The molecule has 0 spiro atoms. The molecule has 3 heteroatoms. The molecular weight excluding hydrogens is 404 g/mol. The molecule has 0 aromatic carbocycles. The predicted molar refractivity (Wildman–Crippen MR) is 142 cm³/mol. The molecule has 2 aliphatic rings. The lowest BCUT2D eigenvalue weighted by molar-refractivity contribution is -0.121. The van der Waals surface area contributed by atoms with E-state index in [9.17, 15) is 4.79 Å². The molecule has 0 bridgehead atoms. The van der Waals surface area contributed by atoms with E-state index in [1.54, 1.807) is 0 Å². The van der Waals surface area contributed by atoms with E-state index >= 15 is 0 Å². The molecular formula is C30H52N2O. The van der Waals surface area contributed by atoms with Gasteiger partial charge in [0.15, 0.2) is 0 Å². The Morgan fingerprint density at radius 3 is 2.64 bits per heavy atom. The third-order valence-corrected chi connectivity index (χ3v) is 7.82. The van der Waals surface area contributed by atoms with Crippen LogP contribution in [0.2, 0.25) is 0 Å². The summed E-state index contributed by atoms with van der Waals surface area (Å²) in [6, 6.07) is 0. The van der Waals surface area contributed by atoms with Crippen LogP contribution in [0.5, 0.6) is 0 Å². The van der Waals surface area contributed by atoms with Crippen molar-refractivity contribution in [3.05, 3.63) is 12.2 Å². The van der Waals surface area contributed by atoms with Crippen LogP contribution < -0.4 is 5.32 Å². The van der Waals surface area contributed by atoms with Crippen molar-refractivity contribution in [2.75, 3.05) is 27.2 Å². The first kappa shape index (κ1) is 28.0. The van der Waals surface area contributed by atoms with E-state index in [-0.39, 0.29) is 5.91 Å². The van der Waals surface area contributed by atoms with Crippen molar-refractivity contribution in [1.82, 2.24) is 10.2 Å². The number of allylic oxidation sites excluding steroid dienone is 2. The fraction of sp³-hybridized carbons (Fsp3) is 0.833. The lowest BCUT2D eigenvalue weighted by atomic mass is 9.76. The van der Waals surface area contributed by atoms with Crippen LogP contribution in [-0.4, -0.2) is 38.0 Å². The van der Waals surface area contributed by atoms with Gasteiger partial charge in [-0.15, -0.1) is 5.92 Å². The molecule has 3 nitrogen and oxygen atoms in total. The summed E-state index contributed by atoms with van der Waals surface area (Å²) in [5.41, 5.74) is 0. The third kappa shape index (κ3) is 12.1. The lowest BCUT2D eigenvalue weighted by Gasteiger charge is -2.29. The summed E-state index contributed by atoms with van der Waals surface area (Å²) >= 11 is 0. The van der Waals surface area contributed by atoms with Crippen LogP contribution in [0, 0.1) is 35.5 Å². The zero-order valence-electron chi connectivity index (χ0n) is 22.0. The Balaban J connectivity index is 1.67. The molecule has 1 amide bonds. The zero-order chi connectivity index (χ0) is 23.7. The Kier molecular flexibility index (Phi) is 14.6. The number of nitrogens with zero attached hydrogens (tertiary/aromatic N) is 1. The van der Waals surface area contributed by atoms with E-state index in [2.05, 4.69) is 41.1 Å². The van der Waals surface area contributed by atoms with E-state index < -0.39 is 0 Å². The van der Waals surface area contributed by atoms with Gasteiger partial charge < -0.3 is 10.2 Å². The van der Waals surface area contributed by atoms with Gasteiger partial charge in [-0.2, -0.15) is 0 Å². The van der Waals surface area contributed by atoms with E-state index in [1.807, 2.05) is 14.1 Å². The summed E-state index contributed by atoms with van der Waals surface area (Å²) in [7, 11) is 4.05. The van der Waals surface area contributed by atoms with Crippen molar-refractivity contribution in [2.24, 2.45) is 23.7 Å². The van der Waals surface area contributed by atoms with Crippen LogP contribution >= 0.6 is 0 Å². The molecule has 188 valence electrons. The molecule has 0 heterocycles. The molecule has 2 fully saturated rings. The average molecular weight is 457 g/mol. The lowest BCUT2D eigenvalue weighted by Crippen LogP contribution is -2.31. The first-order chi connectivity index (χ1) is 16.1. The number of unbranched alkanes of at least 4 members (excludes halogenated alkanes) is 2. The Morgan fingerprint density at radius 2 is 1.88 bits per heavy atom. The minimum Gasteiger partial charge on any atom is -0.355 e. The fourth-order valence-corrected chi connectivity index (χ4v) is 5.68. The number of hydrogen-bond acceptors (Lipinski definition) is 2. The Bertz CT molecular complexity index is 609. The third-order valence-electron chi connectivity index (χ3n) is 7.82. The molecule has 0 saturated heterocycles. The number of amides is 1. The standard InChI is InChI=1S/C30H52N2O/c1-4-5-15-26(27-17-10-8-11-18-27)19-13-21-29-22-14-20-28(29)16-9-6-7-12-23-30(33)31-24-25-32(2)3/h6,9,26-29H,4-5,7-8,10-12,14-20,22-25H2,1-3H3,(H,31,33)/t26?,28-,29-/m0/s1. The van der Waals surface area contributed by atoms with Crippen molar-refractivity contribution >= 4 is 5.91 Å². The topological polar surface area (TPSA) is 32.3 Å². The van der Waals surface area contributed by atoms with Crippen LogP contribution in [-0.2, 0) is 4.79 Å². The summed E-state index contributed by atoms with van der Waals surface area (Å²) in [6.45, 7) is 3.96. The fourth-order valence-electron chi connectivity index (χ4n) is 5.68. The van der Waals surface area contributed by atoms with Crippen molar-refractivity contribution < 1.29 is 4.79 Å². The molecule has 1 N–H and O–H groups in total. The zero-order valence-corrected chi connectivity index (χ0v) is 22.0.